The highest BCUT2D eigenvalue weighted by Crippen LogP contribution is 2.40. The van der Waals surface area contributed by atoms with E-state index in [9.17, 15) is 4.79 Å². The number of fused-ring (bicyclic) bond motifs is 1. The number of thiophene rings is 1. The molecule has 0 atom stereocenters. The maximum atomic E-state index is 12.3. The van der Waals surface area contributed by atoms with Crippen molar-refractivity contribution in [3.05, 3.63) is 45.1 Å². The number of nitrogens with zero attached hydrogens (tertiary/aromatic N) is 2. The van der Waals surface area contributed by atoms with Gasteiger partial charge in [-0.05, 0) is 55.9 Å². The third kappa shape index (κ3) is 3.93. The van der Waals surface area contributed by atoms with Crippen molar-refractivity contribution in [1.82, 2.24) is 0 Å². The minimum absolute atomic E-state index is 0.253. The number of aryl methyl sites for hydroxylation is 1. The van der Waals surface area contributed by atoms with Crippen LogP contribution < -0.4 is 4.90 Å². The van der Waals surface area contributed by atoms with Crippen LogP contribution in [0.2, 0.25) is 0 Å². The third-order valence-electron chi connectivity index (χ3n) is 4.36. The molecule has 1 heterocycles. The molecule has 0 fully saturated rings. The van der Waals surface area contributed by atoms with Gasteiger partial charge in [-0.25, -0.2) is 4.79 Å². The first-order valence-corrected chi connectivity index (χ1v) is 9.55. The van der Waals surface area contributed by atoms with E-state index in [0.29, 0.717) is 11.5 Å². The van der Waals surface area contributed by atoms with Crippen LogP contribution in [0, 0.1) is 0 Å². The summed E-state index contributed by atoms with van der Waals surface area (Å²) in [5.74, 6) is -0.253. The molecule has 1 aromatic heterocycles. The summed E-state index contributed by atoms with van der Waals surface area (Å²) in [5.41, 5.74) is 4.23. The quantitative estimate of drug-likeness (QED) is 0.580. The van der Waals surface area contributed by atoms with Crippen molar-refractivity contribution in [2.24, 2.45) is 4.99 Å². The predicted octanol–water partition coefficient (Wildman–Crippen LogP) is 4.62. The fraction of sp³-hybridized carbons (Fsp3) is 0.400. The summed E-state index contributed by atoms with van der Waals surface area (Å²) in [7, 11) is 4.04. The zero-order valence-electron chi connectivity index (χ0n) is 15.0. The summed E-state index contributed by atoms with van der Waals surface area (Å²) in [6, 6.07) is 8.22. The largest absolute Gasteiger partial charge is 0.462 e. The van der Waals surface area contributed by atoms with Crippen molar-refractivity contribution < 1.29 is 9.53 Å². The van der Waals surface area contributed by atoms with Crippen LogP contribution in [0.5, 0.6) is 0 Å². The van der Waals surface area contributed by atoms with Gasteiger partial charge in [-0.3, -0.25) is 4.99 Å². The minimum atomic E-state index is -0.253. The third-order valence-corrected chi connectivity index (χ3v) is 5.62. The smallest absolute Gasteiger partial charge is 0.350 e. The van der Waals surface area contributed by atoms with Crippen molar-refractivity contribution in [1.29, 1.82) is 0 Å². The molecule has 1 aromatic carbocycles. The molecule has 25 heavy (non-hydrogen) atoms. The van der Waals surface area contributed by atoms with Crippen molar-refractivity contribution in [2.75, 3.05) is 25.6 Å². The van der Waals surface area contributed by atoms with E-state index in [1.165, 1.54) is 16.9 Å². The lowest BCUT2D eigenvalue weighted by molar-refractivity contribution is 0.0533. The molecule has 0 spiro atoms. The highest BCUT2D eigenvalue weighted by atomic mass is 32.1. The SMILES string of the molecule is CCOC(=O)c1sc2c(c1N=Cc1ccc(N(C)C)cc1)CCCC2. The van der Waals surface area contributed by atoms with Crippen molar-refractivity contribution in [3.8, 4) is 0 Å². The number of aliphatic imine (C=N–C) groups is 1. The maximum absolute atomic E-state index is 12.3. The Kier molecular flexibility index (Phi) is 5.53. The topological polar surface area (TPSA) is 41.9 Å². The van der Waals surface area contributed by atoms with Crippen LogP contribution in [0.1, 0.15) is 45.4 Å². The zero-order valence-corrected chi connectivity index (χ0v) is 15.9. The molecule has 0 saturated heterocycles. The number of hydrogen-bond donors (Lipinski definition) is 0. The van der Waals surface area contributed by atoms with Crippen molar-refractivity contribution >= 4 is 34.9 Å². The number of esters is 1. The molecule has 2 aromatic rings. The Labute approximate surface area is 153 Å². The number of ether oxygens (including phenoxy) is 1. The Balaban J connectivity index is 1.92. The van der Waals surface area contributed by atoms with Gasteiger partial charge in [-0.15, -0.1) is 11.3 Å². The summed E-state index contributed by atoms with van der Waals surface area (Å²) in [6.07, 6.45) is 6.23. The average Bonchev–Trinajstić information content (AvgIpc) is 2.99. The van der Waals surface area contributed by atoms with Crippen LogP contribution >= 0.6 is 11.3 Å². The van der Waals surface area contributed by atoms with Gasteiger partial charge < -0.3 is 9.64 Å². The molecule has 5 heteroatoms. The van der Waals surface area contributed by atoms with Crippen LogP contribution in [-0.2, 0) is 17.6 Å². The normalized spacial score (nSPS) is 13.7. The van der Waals surface area contributed by atoms with Crippen LogP contribution in [0.3, 0.4) is 0 Å². The highest BCUT2D eigenvalue weighted by molar-refractivity contribution is 7.14. The molecule has 1 aliphatic rings. The number of carbonyl (C=O) groups excluding carboxylic acids is 1. The first-order chi connectivity index (χ1) is 12.1. The minimum Gasteiger partial charge on any atom is -0.462 e. The summed E-state index contributed by atoms with van der Waals surface area (Å²) in [5, 5.41) is 0. The standard InChI is InChI=1S/C20H24N2O2S/c1-4-24-20(23)19-18(16-7-5-6-8-17(16)25-19)21-13-14-9-11-15(12-10-14)22(2)3/h9-13H,4-8H2,1-3H3. The highest BCUT2D eigenvalue weighted by Gasteiger charge is 2.24. The van der Waals surface area contributed by atoms with E-state index in [4.69, 9.17) is 9.73 Å². The second kappa shape index (κ2) is 7.83. The summed E-state index contributed by atoms with van der Waals surface area (Å²) < 4.78 is 5.23. The van der Waals surface area contributed by atoms with Gasteiger partial charge >= 0.3 is 5.97 Å². The summed E-state index contributed by atoms with van der Waals surface area (Å²) >= 11 is 1.56. The Morgan fingerprint density at radius 2 is 1.96 bits per heavy atom. The Morgan fingerprint density at radius 1 is 1.24 bits per heavy atom. The van der Waals surface area contributed by atoms with Crippen LogP contribution in [0.4, 0.5) is 11.4 Å². The van der Waals surface area contributed by atoms with E-state index < -0.39 is 0 Å². The predicted molar refractivity (Wildman–Crippen MR) is 105 cm³/mol. The Hall–Kier alpha value is -2.14. The molecule has 0 aliphatic heterocycles. The molecule has 3 rings (SSSR count). The first-order valence-electron chi connectivity index (χ1n) is 8.73. The fourth-order valence-electron chi connectivity index (χ4n) is 3.02. The van der Waals surface area contributed by atoms with E-state index in [1.54, 1.807) is 11.3 Å². The molecule has 0 radical (unpaired) electrons. The number of rotatable bonds is 5. The lowest BCUT2D eigenvalue weighted by Gasteiger charge is -2.12. The molecule has 0 saturated carbocycles. The van der Waals surface area contributed by atoms with Crippen molar-refractivity contribution in [3.63, 3.8) is 0 Å². The molecule has 0 amide bonds. The fourth-order valence-corrected chi connectivity index (χ4v) is 4.25. The van der Waals surface area contributed by atoms with Crippen LogP contribution in [0.15, 0.2) is 29.3 Å². The second-order valence-electron chi connectivity index (χ2n) is 6.35. The average molecular weight is 356 g/mol. The number of anilines is 1. The van der Waals surface area contributed by atoms with E-state index >= 15 is 0 Å². The second-order valence-corrected chi connectivity index (χ2v) is 7.46. The van der Waals surface area contributed by atoms with Crippen LogP contribution in [-0.4, -0.2) is 32.9 Å². The van der Waals surface area contributed by atoms with Gasteiger partial charge in [-0.2, -0.15) is 0 Å². The Morgan fingerprint density at radius 3 is 2.64 bits per heavy atom. The van der Waals surface area contributed by atoms with Gasteiger partial charge in [0, 0.05) is 30.9 Å². The van der Waals surface area contributed by atoms with Gasteiger partial charge in [0.15, 0.2) is 0 Å². The van der Waals surface area contributed by atoms with Gasteiger partial charge in [-0.1, -0.05) is 12.1 Å². The molecule has 0 N–H and O–H groups in total. The van der Waals surface area contributed by atoms with E-state index in [0.717, 1.165) is 36.2 Å². The molecular formula is C20H24N2O2S. The molecule has 1 aliphatic carbocycles. The summed E-state index contributed by atoms with van der Waals surface area (Å²) in [4.78, 5) is 21.0. The Bertz CT molecular complexity index is 776. The maximum Gasteiger partial charge on any atom is 0.350 e. The van der Waals surface area contributed by atoms with E-state index in [2.05, 4.69) is 17.0 Å². The number of hydrogen-bond acceptors (Lipinski definition) is 5. The van der Waals surface area contributed by atoms with Gasteiger partial charge in [0.2, 0.25) is 0 Å². The van der Waals surface area contributed by atoms with E-state index in [-0.39, 0.29) is 5.97 Å². The lowest BCUT2D eigenvalue weighted by Crippen LogP contribution is -2.08. The molecule has 0 unspecified atom stereocenters. The first kappa shape index (κ1) is 17.7. The van der Waals surface area contributed by atoms with Crippen molar-refractivity contribution in [2.45, 2.75) is 32.6 Å². The molecule has 0 bridgehead atoms. The molecule has 132 valence electrons. The zero-order chi connectivity index (χ0) is 17.8. The van der Waals surface area contributed by atoms with Gasteiger partial charge in [0.1, 0.15) is 4.88 Å². The number of benzene rings is 1. The number of carbonyl (C=O) groups is 1. The van der Waals surface area contributed by atoms with Crippen LogP contribution in [0.25, 0.3) is 0 Å². The summed E-state index contributed by atoms with van der Waals surface area (Å²) in [6.45, 7) is 2.22. The lowest BCUT2D eigenvalue weighted by atomic mass is 9.97. The monoisotopic (exact) mass is 356 g/mol. The van der Waals surface area contributed by atoms with E-state index in [1.807, 2.05) is 39.4 Å². The molecular weight excluding hydrogens is 332 g/mol. The van der Waals surface area contributed by atoms with Gasteiger partial charge in [0.25, 0.3) is 0 Å². The molecule has 4 nitrogen and oxygen atoms in total. The van der Waals surface area contributed by atoms with Gasteiger partial charge in [0.05, 0.1) is 12.3 Å².